The molecule has 4 nitrogen and oxygen atoms in total. The first-order valence-corrected chi connectivity index (χ1v) is 9.19. The lowest BCUT2D eigenvalue weighted by molar-refractivity contribution is -0.154. The van der Waals surface area contributed by atoms with E-state index in [1.54, 1.807) is 19.2 Å². The number of benzene rings is 2. The second-order valence-electron chi connectivity index (χ2n) is 7.52. The lowest BCUT2D eigenvalue weighted by Crippen LogP contribution is -2.56. The van der Waals surface area contributed by atoms with Crippen LogP contribution in [0.25, 0.3) is 0 Å². The van der Waals surface area contributed by atoms with Crippen molar-refractivity contribution in [2.24, 2.45) is 0 Å². The minimum absolute atomic E-state index is 0.103. The third-order valence-corrected chi connectivity index (χ3v) is 5.05. The monoisotopic (exact) mass is 371 g/mol. The summed E-state index contributed by atoms with van der Waals surface area (Å²) in [6, 6.07) is 14.1. The first kappa shape index (κ1) is 19.4. The maximum Gasteiger partial charge on any atom is 0.223 e. The molecule has 144 valence electrons. The van der Waals surface area contributed by atoms with E-state index in [1.165, 1.54) is 12.1 Å². The van der Waals surface area contributed by atoms with E-state index < -0.39 is 0 Å². The number of aryl methyl sites for hydroxylation is 1. The molecule has 5 heteroatoms. The molecule has 1 aliphatic heterocycles. The minimum Gasteiger partial charge on any atom is -0.497 e. The molecule has 0 aromatic heterocycles. The predicted molar refractivity (Wildman–Crippen MR) is 102 cm³/mol. The highest BCUT2D eigenvalue weighted by atomic mass is 19.1. The number of hydrogen-bond acceptors (Lipinski definition) is 3. The molecule has 0 N–H and O–H groups in total. The van der Waals surface area contributed by atoms with E-state index in [1.807, 2.05) is 43.0 Å². The summed E-state index contributed by atoms with van der Waals surface area (Å²) in [7, 11) is 1.64. The van der Waals surface area contributed by atoms with Gasteiger partial charge in [0.25, 0.3) is 0 Å². The predicted octanol–water partition coefficient (Wildman–Crippen LogP) is 4.15. The summed E-state index contributed by atoms with van der Waals surface area (Å²) in [6.07, 6.45) is 0.882. The third-order valence-electron chi connectivity index (χ3n) is 5.05. The van der Waals surface area contributed by atoms with Crippen molar-refractivity contribution in [3.63, 3.8) is 0 Å². The molecule has 0 spiro atoms. The number of rotatable bonds is 5. The number of carbonyl (C=O) groups excluding carboxylic acids is 1. The first-order valence-electron chi connectivity index (χ1n) is 9.19. The van der Waals surface area contributed by atoms with Crippen LogP contribution in [0.3, 0.4) is 0 Å². The van der Waals surface area contributed by atoms with Crippen molar-refractivity contribution >= 4 is 5.91 Å². The Morgan fingerprint density at radius 1 is 1.19 bits per heavy atom. The summed E-state index contributed by atoms with van der Waals surface area (Å²) in [5.74, 6) is 0.634. The quantitative estimate of drug-likeness (QED) is 0.793. The Hall–Kier alpha value is -2.40. The number of morpholine rings is 1. The molecule has 1 unspecified atom stereocenters. The standard InChI is InChI=1S/C22H26FNO3/c1-22(2)15-27-20(17-7-9-18(23)10-8-17)14-24(22)21(25)13-6-16-4-11-19(26-3)12-5-16/h4-5,7-12,20H,6,13-15H2,1-3H3. The zero-order chi connectivity index (χ0) is 19.4. The maximum atomic E-state index is 13.2. The lowest BCUT2D eigenvalue weighted by atomic mass is 9.97. The van der Waals surface area contributed by atoms with Gasteiger partial charge in [0, 0.05) is 6.42 Å². The molecule has 27 heavy (non-hydrogen) atoms. The van der Waals surface area contributed by atoms with Crippen LogP contribution >= 0.6 is 0 Å². The second kappa shape index (κ2) is 8.09. The molecule has 1 saturated heterocycles. The van der Waals surface area contributed by atoms with Gasteiger partial charge in [-0.25, -0.2) is 4.39 Å². The Labute approximate surface area is 159 Å². The van der Waals surface area contributed by atoms with Crippen LogP contribution < -0.4 is 4.74 Å². The van der Waals surface area contributed by atoms with Crippen molar-refractivity contribution in [2.75, 3.05) is 20.3 Å². The summed E-state index contributed by atoms with van der Waals surface area (Å²) < 4.78 is 24.3. The zero-order valence-electron chi connectivity index (χ0n) is 16.1. The van der Waals surface area contributed by atoms with Crippen LogP contribution in [0.5, 0.6) is 5.75 Å². The number of amides is 1. The fourth-order valence-electron chi connectivity index (χ4n) is 3.34. The van der Waals surface area contributed by atoms with E-state index in [2.05, 4.69) is 0 Å². The van der Waals surface area contributed by atoms with Crippen molar-refractivity contribution in [1.82, 2.24) is 4.90 Å². The molecule has 0 saturated carbocycles. The van der Waals surface area contributed by atoms with E-state index in [0.29, 0.717) is 26.0 Å². The molecule has 0 bridgehead atoms. The topological polar surface area (TPSA) is 38.8 Å². The summed E-state index contributed by atoms with van der Waals surface area (Å²) in [5.41, 5.74) is 1.62. The Bertz CT molecular complexity index is 771. The maximum absolute atomic E-state index is 13.2. The molecule has 0 aliphatic carbocycles. The number of nitrogens with zero attached hydrogens (tertiary/aromatic N) is 1. The molecule has 2 aromatic rings. The molecular formula is C22H26FNO3. The van der Waals surface area contributed by atoms with Gasteiger partial charge in [0.1, 0.15) is 17.7 Å². The zero-order valence-corrected chi connectivity index (χ0v) is 16.1. The van der Waals surface area contributed by atoms with Gasteiger partial charge in [0.05, 0.1) is 25.8 Å². The van der Waals surface area contributed by atoms with Crippen LogP contribution in [0, 0.1) is 5.82 Å². The molecule has 1 aliphatic rings. The van der Waals surface area contributed by atoms with Crippen LogP contribution in [0.15, 0.2) is 48.5 Å². The normalized spacial score (nSPS) is 19.0. The molecule has 0 radical (unpaired) electrons. The van der Waals surface area contributed by atoms with Gasteiger partial charge in [0.15, 0.2) is 0 Å². The smallest absolute Gasteiger partial charge is 0.223 e. The highest BCUT2D eigenvalue weighted by Crippen LogP contribution is 2.31. The third kappa shape index (κ3) is 4.66. The fraction of sp³-hybridized carbons (Fsp3) is 0.409. The van der Waals surface area contributed by atoms with Crippen LogP contribution in [-0.4, -0.2) is 36.6 Å². The minimum atomic E-state index is -0.368. The number of ether oxygens (including phenoxy) is 2. The van der Waals surface area contributed by atoms with Crippen molar-refractivity contribution in [1.29, 1.82) is 0 Å². The highest BCUT2D eigenvalue weighted by Gasteiger charge is 2.38. The fourth-order valence-corrected chi connectivity index (χ4v) is 3.34. The number of halogens is 1. The number of methoxy groups -OCH3 is 1. The van der Waals surface area contributed by atoms with Gasteiger partial charge in [-0.1, -0.05) is 24.3 Å². The molecular weight excluding hydrogens is 345 g/mol. The average Bonchev–Trinajstić information content (AvgIpc) is 2.67. The summed E-state index contributed by atoms with van der Waals surface area (Å²) in [4.78, 5) is 14.8. The van der Waals surface area contributed by atoms with E-state index in [0.717, 1.165) is 16.9 Å². The Morgan fingerprint density at radius 2 is 1.85 bits per heavy atom. The Morgan fingerprint density at radius 3 is 2.48 bits per heavy atom. The highest BCUT2D eigenvalue weighted by molar-refractivity contribution is 5.77. The second-order valence-corrected chi connectivity index (χ2v) is 7.52. The molecule has 3 rings (SSSR count). The summed E-state index contributed by atoms with van der Waals surface area (Å²) in [5, 5.41) is 0. The van der Waals surface area contributed by atoms with Gasteiger partial charge in [-0.3, -0.25) is 4.79 Å². The van der Waals surface area contributed by atoms with Crippen LogP contribution in [0.4, 0.5) is 4.39 Å². The summed E-state index contributed by atoms with van der Waals surface area (Å²) in [6.45, 7) is 4.95. The first-order chi connectivity index (χ1) is 12.9. The SMILES string of the molecule is COc1ccc(CCC(=O)N2CC(c3ccc(F)cc3)OCC2(C)C)cc1. The molecule has 1 amide bonds. The van der Waals surface area contributed by atoms with Gasteiger partial charge in [-0.15, -0.1) is 0 Å². The molecule has 1 atom stereocenters. The molecule has 1 heterocycles. The van der Waals surface area contributed by atoms with Crippen molar-refractivity contribution in [3.8, 4) is 5.75 Å². The number of carbonyl (C=O) groups is 1. The van der Waals surface area contributed by atoms with E-state index >= 15 is 0 Å². The van der Waals surface area contributed by atoms with Crippen molar-refractivity contribution < 1.29 is 18.7 Å². The number of hydrogen-bond donors (Lipinski definition) is 0. The van der Waals surface area contributed by atoms with Crippen molar-refractivity contribution in [3.05, 3.63) is 65.5 Å². The Kier molecular flexibility index (Phi) is 5.80. The van der Waals surface area contributed by atoms with Gasteiger partial charge in [-0.05, 0) is 55.7 Å². The molecule has 1 fully saturated rings. The van der Waals surface area contributed by atoms with Crippen LogP contribution in [0.1, 0.15) is 37.5 Å². The van der Waals surface area contributed by atoms with Gasteiger partial charge in [-0.2, -0.15) is 0 Å². The summed E-state index contributed by atoms with van der Waals surface area (Å²) >= 11 is 0. The molecule has 2 aromatic carbocycles. The van der Waals surface area contributed by atoms with E-state index in [9.17, 15) is 9.18 Å². The lowest BCUT2D eigenvalue weighted by Gasteiger charge is -2.45. The van der Waals surface area contributed by atoms with Crippen molar-refractivity contribution in [2.45, 2.75) is 38.3 Å². The average molecular weight is 371 g/mol. The van der Waals surface area contributed by atoms with E-state index in [4.69, 9.17) is 9.47 Å². The van der Waals surface area contributed by atoms with E-state index in [-0.39, 0.29) is 23.4 Å². The van der Waals surface area contributed by atoms with Gasteiger partial charge in [0.2, 0.25) is 5.91 Å². The van der Waals surface area contributed by atoms with Crippen LogP contribution in [0.2, 0.25) is 0 Å². The largest absolute Gasteiger partial charge is 0.497 e. The van der Waals surface area contributed by atoms with Gasteiger partial charge >= 0.3 is 0 Å². The van der Waals surface area contributed by atoms with Crippen LogP contribution in [-0.2, 0) is 16.0 Å². The Balaban J connectivity index is 1.65. The van der Waals surface area contributed by atoms with Gasteiger partial charge < -0.3 is 14.4 Å².